The van der Waals surface area contributed by atoms with E-state index in [1.807, 2.05) is 21.1 Å². The SMILES string of the molecule is CCCCCCCCCCCCCCCCC/C=C\CCCCCCCC(=O)N1CC[C@H](OP(=O)(O)OCC[N+](C)(C)C)C1. The van der Waals surface area contributed by atoms with Crippen molar-refractivity contribution in [2.24, 2.45) is 0 Å². The number of likely N-dealkylation sites (N-methyl/N-ethyl adjacent to an activating group) is 1. The molecule has 1 saturated heterocycles. The summed E-state index contributed by atoms with van der Waals surface area (Å²) in [4.78, 5) is 24.3. The van der Waals surface area contributed by atoms with Crippen molar-refractivity contribution in [3.05, 3.63) is 12.2 Å². The van der Waals surface area contributed by atoms with Crippen LogP contribution in [0.3, 0.4) is 0 Å². The molecule has 0 saturated carbocycles. The van der Waals surface area contributed by atoms with Crippen LogP contribution in [0.1, 0.15) is 161 Å². The van der Waals surface area contributed by atoms with Gasteiger partial charge in [-0.2, -0.15) is 0 Å². The lowest BCUT2D eigenvalue weighted by Gasteiger charge is -2.24. The van der Waals surface area contributed by atoms with Crippen LogP contribution in [0.2, 0.25) is 0 Å². The maximum Gasteiger partial charge on any atom is 0.472 e. The van der Waals surface area contributed by atoms with Crippen molar-refractivity contribution in [3.63, 3.8) is 0 Å². The van der Waals surface area contributed by atoms with Crippen molar-refractivity contribution in [2.45, 2.75) is 167 Å². The van der Waals surface area contributed by atoms with Crippen LogP contribution < -0.4 is 0 Å². The van der Waals surface area contributed by atoms with Gasteiger partial charge in [-0.05, 0) is 38.5 Å². The van der Waals surface area contributed by atoms with Gasteiger partial charge in [0.1, 0.15) is 13.2 Å². The molecule has 1 fully saturated rings. The predicted octanol–water partition coefficient (Wildman–Crippen LogP) is 9.98. The summed E-state index contributed by atoms with van der Waals surface area (Å²) < 4.78 is 23.3. The normalized spacial score (nSPS) is 17.1. The highest BCUT2D eigenvalue weighted by atomic mass is 31.2. The minimum absolute atomic E-state index is 0.122. The molecule has 0 radical (unpaired) electrons. The molecule has 0 aromatic heterocycles. The molecule has 8 heteroatoms. The number of carbonyl (C=O) groups excluding carboxylic acids is 1. The highest BCUT2D eigenvalue weighted by Crippen LogP contribution is 2.45. The summed E-state index contributed by atoms with van der Waals surface area (Å²) >= 11 is 0. The van der Waals surface area contributed by atoms with Gasteiger partial charge in [-0.3, -0.25) is 13.8 Å². The van der Waals surface area contributed by atoms with Crippen molar-refractivity contribution < 1.29 is 27.8 Å². The van der Waals surface area contributed by atoms with E-state index < -0.39 is 13.9 Å². The van der Waals surface area contributed by atoms with Gasteiger partial charge in [-0.25, -0.2) is 4.57 Å². The number of hydrogen-bond donors (Lipinski definition) is 1. The molecule has 0 aromatic carbocycles. The summed E-state index contributed by atoms with van der Waals surface area (Å²) in [6.07, 6.45) is 34.7. The van der Waals surface area contributed by atoms with Gasteiger partial charge in [0.15, 0.2) is 0 Å². The van der Waals surface area contributed by atoms with E-state index in [0.717, 1.165) is 12.8 Å². The summed E-state index contributed by atoms with van der Waals surface area (Å²) in [6.45, 7) is 4.00. The van der Waals surface area contributed by atoms with Gasteiger partial charge >= 0.3 is 7.82 Å². The van der Waals surface area contributed by atoms with Crippen LogP contribution in [-0.2, 0) is 18.4 Å². The lowest BCUT2D eigenvalue weighted by atomic mass is 10.0. The molecule has 260 valence electrons. The number of hydrogen-bond acceptors (Lipinski definition) is 4. The molecule has 0 aromatic rings. The van der Waals surface area contributed by atoms with Crippen LogP contribution in [0.15, 0.2) is 12.2 Å². The highest BCUT2D eigenvalue weighted by Gasteiger charge is 2.33. The zero-order valence-electron chi connectivity index (χ0n) is 29.5. The second-order valence-corrected chi connectivity index (χ2v) is 15.6. The van der Waals surface area contributed by atoms with Gasteiger partial charge in [0, 0.05) is 19.5 Å². The van der Waals surface area contributed by atoms with E-state index in [9.17, 15) is 14.3 Å². The fourth-order valence-electron chi connectivity index (χ4n) is 5.79. The number of nitrogens with zero attached hydrogens (tertiary/aromatic N) is 2. The van der Waals surface area contributed by atoms with Crippen LogP contribution >= 0.6 is 7.82 Å². The van der Waals surface area contributed by atoms with Crippen LogP contribution in [0.25, 0.3) is 0 Å². The van der Waals surface area contributed by atoms with E-state index in [1.165, 1.54) is 128 Å². The van der Waals surface area contributed by atoms with Gasteiger partial charge in [-0.15, -0.1) is 0 Å². The second kappa shape index (κ2) is 26.4. The Kier molecular flexibility index (Phi) is 24.7. The van der Waals surface area contributed by atoms with E-state index >= 15 is 0 Å². The quantitative estimate of drug-likeness (QED) is 0.0365. The summed E-state index contributed by atoms with van der Waals surface area (Å²) in [7, 11) is 1.88. The topological polar surface area (TPSA) is 76.1 Å². The van der Waals surface area contributed by atoms with Gasteiger partial charge in [0.05, 0.1) is 27.2 Å². The van der Waals surface area contributed by atoms with Crippen molar-refractivity contribution in [2.75, 3.05) is 47.4 Å². The maximum absolute atomic E-state index is 12.6. The maximum atomic E-state index is 12.6. The number of amides is 1. The lowest BCUT2D eigenvalue weighted by molar-refractivity contribution is -0.870. The molecule has 0 aliphatic carbocycles. The first-order valence-corrected chi connectivity index (χ1v) is 20.0. The average molecular weight is 644 g/mol. The van der Waals surface area contributed by atoms with Gasteiger partial charge < -0.3 is 14.3 Å². The molecule has 7 nitrogen and oxygen atoms in total. The number of unbranched alkanes of at least 4 members (excludes halogenated alkanes) is 20. The molecule has 1 aliphatic heterocycles. The number of phosphoric ester groups is 1. The molecular weight excluding hydrogens is 571 g/mol. The Morgan fingerprint density at radius 3 is 1.70 bits per heavy atom. The Bertz CT molecular complexity index is 770. The fourth-order valence-corrected chi connectivity index (χ4v) is 6.71. The van der Waals surface area contributed by atoms with Crippen molar-refractivity contribution in [3.8, 4) is 0 Å². The second-order valence-electron chi connectivity index (χ2n) is 14.2. The molecule has 1 amide bonds. The Morgan fingerprint density at radius 2 is 1.23 bits per heavy atom. The van der Waals surface area contributed by atoms with Crippen LogP contribution in [-0.4, -0.2) is 73.7 Å². The first-order chi connectivity index (χ1) is 21.1. The first-order valence-electron chi connectivity index (χ1n) is 18.5. The average Bonchev–Trinajstić information content (AvgIpc) is 3.42. The smallest absolute Gasteiger partial charge is 0.340 e. The number of carbonyl (C=O) groups is 1. The van der Waals surface area contributed by atoms with E-state index in [-0.39, 0.29) is 12.5 Å². The number of quaternary nitrogens is 1. The molecule has 0 spiro atoms. The summed E-state index contributed by atoms with van der Waals surface area (Å²) in [5.41, 5.74) is 0. The monoisotopic (exact) mass is 644 g/mol. The number of allylic oxidation sites excluding steroid dienone is 2. The highest BCUT2D eigenvalue weighted by molar-refractivity contribution is 7.47. The zero-order valence-corrected chi connectivity index (χ0v) is 30.3. The Morgan fingerprint density at radius 1 is 0.773 bits per heavy atom. The Labute approximate surface area is 272 Å². The predicted molar refractivity (Wildman–Crippen MR) is 186 cm³/mol. The lowest BCUT2D eigenvalue weighted by Crippen LogP contribution is -2.37. The molecular formula is C36H72N2O5P+. The fraction of sp³-hybridized carbons (Fsp3) is 0.917. The summed E-state index contributed by atoms with van der Waals surface area (Å²) in [5.74, 6) is 0.122. The largest absolute Gasteiger partial charge is 0.472 e. The van der Waals surface area contributed by atoms with Gasteiger partial charge in [0.25, 0.3) is 0 Å². The van der Waals surface area contributed by atoms with Crippen molar-refractivity contribution in [1.29, 1.82) is 0 Å². The van der Waals surface area contributed by atoms with Crippen LogP contribution in [0.5, 0.6) is 0 Å². The molecule has 0 bridgehead atoms. The first kappa shape index (κ1) is 41.3. The van der Waals surface area contributed by atoms with E-state index in [4.69, 9.17) is 9.05 Å². The minimum atomic E-state index is -4.10. The van der Waals surface area contributed by atoms with E-state index in [2.05, 4.69) is 19.1 Å². The number of likely N-dealkylation sites (tertiary alicyclic amines) is 1. The molecule has 1 unspecified atom stereocenters. The van der Waals surface area contributed by atoms with Crippen LogP contribution in [0.4, 0.5) is 0 Å². The molecule has 1 heterocycles. The molecule has 2 atom stereocenters. The zero-order chi connectivity index (χ0) is 32.4. The number of phosphoric acid groups is 1. The molecule has 1 N–H and O–H groups in total. The molecule has 1 aliphatic rings. The van der Waals surface area contributed by atoms with Crippen molar-refractivity contribution in [1.82, 2.24) is 4.90 Å². The third-order valence-corrected chi connectivity index (χ3v) is 9.77. The van der Waals surface area contributed by atoms with E-state index in [1.54, 1.807) is 4.90 Å². The standard InChI is InChI=1S/C36H71N2O5P/c1-5-6-7-8-9-10-11-12-13-14-15-16-17-18-19-20-21-22-23-24-25-26-27-28-29-36(39)37-31-30-35(34-37)43-44(40,41)42-33-32-38(2,3)4/h21-22,35H,5-20,23-34H2,1-4H3/p+1/b22-21-/t35-/m0/s1. The summed E-state index contributed by atoms with van der Waals surface area (Å²) in [6, 6.07) is 0. The van der Waals surface area contributed by atoms with Gasteiger partial charge in [0.2, 0.25) is 5.91 Å². The Balaban J connectivity index is 1.87. The van der Waals surface area contributed by atoms with Crippen LogP contribution in [0, 0.1) is 0 Å². The summed E-state index contributed by atoms with van der Waals surface area (Å²) in [5, 5.41) is 0. The third kappa shape index (κ3) is 25.5. The van der Waals surface area contributed by atoms with Gasteiger partial charge in [-0.1, -0.05) is 128 Å². The third-order valence-electron chi connectivity index (χ3n) is 8.70. The molecule has 44 heavy (non-hydrogen) atoms. The van der Waals surface area contributed by atoms with Crippen molar-refractivity contribution >= 4 is 13.7 Å². The minimum Gasteiger partial charge on any atom is -0.340 e. The van der Waals surface area contributed by atoms with E-state index in [0.29, 0.717) is 37.0 Å². The number of rotatable bonds is 30. The molecule has 1 rings (SSSR count). The Hall–Kier alpha value is -0.720.